The fraction of sp³-hybridized carbons (Fsp3) is 0.286. The molecular formula is C21H24N4O2. The van der Waals surface area contributed by atoms with E-state index in [1.165, 1.54) is 0 Å². The number of nitrogens with one attached hydrogen (secondary N) is 1. The molecule has 2 heterocycles. The number of aromatic amines is 1. The molecule has 6 heteroatoms. The van der Waals surface area contributed by atoms with E-state index in [1.807, 2.05) is 63.2 Å². The smallest absolute Gasteiger partial charge is 0.274 e. The van der Waals surface area contributed by atoms with E-state index in [1.54, 1.807) is 17.2 Å². The number of nitrogens with zero attached hydrogens (tertiary/aromatic N) is 3. The fourth-order valence-corrected chi connectivity index (χ4v) is 2.70. The molecule has 3 aromatic rings. The Labute approximate surface area is 159 Å². The maximum Gasteiger partial charge on any atom is 0.274 e. The summed E-state index contributed by atoms with van der Waals surface area (Å²) in [7, 11) is 0. The van der Waals surface area contributed by atoms with Gasteiger partial charge in [-0.3, -0.25) is 14.9 Å². The summed E-state index contributed by atoms with van der Waals surface area (Å²) in [5, 5.41) is 7.07. The molecule has 1 aromatic carbocycles. The molecule has 0 atom stereocenters. The van der Waals surface area contributed by atoms with E-state index < -0.39 is 0 Å². The van der Waals surface area contributed by atoms with Crippen LogP contribution in [-0.4, -0.2) is 32.0 Å². The molecule has 0 aliphatic heterocycles. The lowest BCUT2D eigenvalue weighted by molar-refractivity contribution is 0.0681. The Balaban J connectivity index is 1.69. The van der Waals surface area contributed by atoms with Gasteiger partial charge in [0, 0.05) is 12.2 Å². The number of H-pyrrole nitrogens is 1. The first kappa shape index (κ1) is 18.6. The molecule has 0 bridgehead atoms. The second kappa shape index (κ2) is 8.49. The first-order chi connectivity index (χ1) is 13.0. The topological polar surface area (TPSA) is 71.1 Å². The molecule has 2 aromatic heterocycles. The molecule has 140 valence electrons. The van der Waals surface area contributed by atoms with Crippen molar-refractivity contribution < 1.29 is 9.53 Å². The Hall–Kier alpha value is -3.15. The third-order valence-corrected chi connectivity index (χ3v) is 4.31. The highest BCUT2D eigenvalue weighted by atomic mass is 16.5. The average molecular weight is 364 g/mol. The number of benzene rings is 1. The maximum atomic E-state index is 13.0. The van der Waals surface area contributed by atoms with Crippen molar-refractivity contribution in [1.82, 2.24) is 20.1 Å². The summed E-state index contributed by atoms with van der Waals surface area (Å²) in [5.41, 5.74) is 3.08. The van der Waals surface area contributed by atoms with Crippen LogP contribution in [-0.2, 0) is 13.2 Å². The standard InChI is InChI=1S/C21H24N4O2/c1-15(2)25(13-20-16(3)8-7-11-22-20)21(26)19-12-17(23-24-19)14-27-18-9-5-4-6-10-18/h4-12,15H,13-14H2,1-3H3,(H,23,24). The van der Waals surface area contributed by atoms with Crippen molar-refractivity contribution in [2.24, 2.45) is 0 Å². The Morgan fingerprint density at radius 3 is 2.67 bits per heavy atom. The zero-order valence-electron chi connectivity index (χ0n) is 15.8. The average Bonchev–Trinajstić information content (AvgIpc) is 3.15. The van der Waals surface area contributed by atoms with E-state index in [4.69, 9.17) is 4.74 Å². The van der Waals surface area contributed by atoms with Crippen LogP contribution in [0.4, 0.5) is 0 Å². The van der Waals surface area contributed by atoms with Gasteiger partial charge < -0.3 is 9.64 Å². The van der Waals surface area contributed by atoms with Gasteiger partial charge in [0.2, 0.25) is 0 Å². The molecule has 1 N–H and O–H groups in total. The molecule has 0 saturated heterocycles. The Morgan fingerprint density at radius 1 is 1.19 bits per heavy atom. The number of aryl methyl sites for hydroxylation is 1. The van der Waals surface area contributed by atoms with Crippen LogP contribution in [0, 0.1) is 6.92 Å². The lowest BCUT2D eigenvalue weighted by atomic mass is 10.1. The van der Waals surface area contributed by atoms with Gasteiger partial charge in [-0.15, -0.1) is 0 Å². The third-order valence-electron chi connectivity index (χ3n) is 4.31. The minimum absolute atomic E-state index is 0.0274. The van der Waals surface area contributed by atoms with Gasteiger partial charge in [-0.05, 0) is 50.6 Å². The molecule has 3 rings (SSSR count). The number of aromatic nitrogens is 3. The van der Waals surface area contributed by atoms with Crippen LogP contribution in [0.25, 0.3) is 0 Å². The zero-order valence-corrected chi connectivity index (χ0v) is 15.8. The number of hydrogen-bond acceptors (Lipinski definition) is 4. The second-order valence-electron chi connectivity index (χ2n) is 6.67. The number of carbonyl (C=O) groups is 1. The molecule has 0 aliphatic rings. The van der Waals surface area contributed by atoms with E-state index in [0.717, 1.165) is 22.7 Å². The summed E-state index contributed by atoms with van der Waals surface area (Å²) in [5.74, 6) is 0.645. The zero-order chi connectivity index (χ0) is 19.2. The van der Waals surface area contributed by atoms with Gasteiger partial charge in [0.25, 0.3) is 5.91 Å². The molecule has 0 unspecified atom stereocenters. The van der Waals surface area contributed by atoms with Gasteiger partial charge in [-0.25, -0.2) is 0 Å². The summed E-state index contributed by atoms with van der Waals surface area (Å²) < 4.78 is 5.70. The van der Waals surface area contributed by atoms with Crippen LogP contribution in [0.2, 0.25) is 0 Å². The monoisotopic (exact) mass is 364 g/mol. The molecule has 0 spiro atoms. The number of ether oxygens (including phenoxy) is 1. The van der Waals surface area contributed by atoms with Crippen LogP contribution >= 0.6 is 0 Å². The van der Waals surface area contributed by atoms with Gasteiger partial charge in [-0.2, -0.15) is 5.10 Å². The molecule has 0 radical (unpaired) electrons. The molecule has 0 saturated carbocycles. The van der Waals surface area contributed by atoms with Crippen molar-refractivity contribution in [3.8, 4) is 5.75 Å². The van der Waals surface area contributed by atoms with E-state index in [-0.39, 0.29) is 11.9 Å². The van der Waals surface area contributed by atoms with E-state index in [2.05, 4.69) is 15.2 Å². The van der Waals surface area contributed by atoms with Crippen LogP contribution in [0.5, 0.6) is 5.75 Å². The second-order valence-corrected chi connectivity index (χ2v) is 6.67. The predicted molar refractivity (Wildman–Crippen MR) is 103 cm³/mol. The van der Waals surface area contributed by atoms with Crippen molar-refractivity contribution in [2.75, 3.05) is 0 Å². The Morgan fingerprint density at radius 2 is 1.96 bits per heavy atom. The third kappa shape index (κ3) is 4.73. The highest BCUT2D eigenvalue weighted by Gasteiger charge is 2.22. The molecule has 1 amide bonds. The number of pyridine rings is 1. The first-order valence-corrected chi connectivity index (χ1v) is 8.98. The summed E-state index contributed by atoms with van der Waals surface area (Å²) in [6, 6.07) is 15.2. The minimum atomic E-state index is -0.128. The lowest BCUT2D eigenvalue weighted by Crippen LogP contribution is -2.37. The summed E-state index contributed by atoms with van der Waals surface area (Å²) in [4.78, 5) is 19.1. The number of para-hydroxylation sites is 1. The van der Waals surface area contributed by atoms with Gasteiger partial charge in [-0.1, -0.05) is 24.3 Å². The van der Waals surface area contributed by atoms with Crippen molar-refractivity contribution in [3.63, 3.8) is 0 Å². The van der Waals surface area contributed by atoms with Crippen LogP contribution in [0.1, 0.15) is 41.3 Å². The normalized spacial score (nSPS) is 10.8. The minimum Gasteiger partial charge on any atom is -0.487 e. The summed E-state index contributed by atoms with van der Waals surface area (Å²) in [6.45, 7) is 6.75. The number of rotatable bonds is 7. The highest BCUT2D eigenvalue weighted by molar-refractivity contribution is 5.92. The van der Waals surface area contributed by atoms with E-state index in [0.29, 0.717) is 18.8 Å². The van der Waals surface area contributed by atoms with Gasteiger partial charge >= 0.3 is 0 Å². The van der Waals surface area contributed by atoms with E-state index in [9.17, 15) is 4.79 Å². The molecule has 27 heavy (non-hydrogen) atoms. The van der Waals surface area contributed by atoms with Crippen molar-refractivity contribution in [2.45, 2.75) is 40.0 Å². The number of hydrogen-bond donors (Lipinski definition) is 1. The largest absolute Gasteiger partial charge is 0.487 e. The fourth-order valence-electron chi connectivity index (χ4n) is 2.70. The molecule has 0 fully saturated rings. The highest BCUT2D eigenvalue weighted by Crippen LogP contribution is 2.15. The first-order valence-electron chi connectivity index (χ1n) is 8.98. The van der Waals surface area contributed by atoms with Crippen LogP contribution in [0.3, 0.4) is 0 Å². The molecule has 6 nitrogen and oxygen atoms in total. The van der Waals surface area contributed by atoms with Crippen molar-refractivity contribution in [3.05, 3.63) is 77.4 Å². The van der Waals surface area contributed by atoms with Gasteiger partial charge in [0.15, 0.2) is 5.69 Å². The molecule has 0 aliphatic carbocycles. The number of carbonyl (C=O) groups excluding carboxylic acids is 1. The molecular weight excluding hydrogens is 340 g/mol. The maximum absolute atomic E-state index is 13.0. The van der Waals surface area contributed by atoms with Crippen molar-refractivity contribution in [1.29, 1.82) is 0 Å². The number of amides is 1. The predicted octanol–water partition coefficient (Wildman–Crippen LogP) is 3.74. The van der Waals surface area contributed by atoms with Crippen LogP contribution in [0.15, 0.2) is 54.7 Å². The SMILES string of the molecule is Cc1cccnc1CN(C(=O)c1cc(COc2ccccc2)[nH]n1)C(C)C. The van der Waals surface area contributed by atoms with Crippen molar-refractivity contribution >= 4 is 5.91 Å². The van der Waals surface area contributed by atoms with Gasteiger partial charge in [0.05, 0.1) is 17.9 Å². The van der Waals surface area contributed by atoms with Gasteiger partial charge in [0.1, 0.15) is 12.4 Å². The quantitative estimate of drug-likeness (QED) is 0.693. The summed E-state index contributed by atoms with van der Waals surface area (Å²) >= 11 is 0. The Bertz CT molecular complexity index is 890. The van der Waals surface area contributed by atoms with Crippen LogP contribution < -0.4 is 4.74 Å². The Kier molecular flexibility index (Phi) is 5.86. The lowest BCUT2D eigenvalue weighted by Gasteiger charge is -2.26. The summed E-state index contributed by atoms with van der Waals surface area (Å²) in [6.07, 6.45) is 1.75. The van der Waals surface area contributed by atoms with E-state index >= 15 is 0 Å².